The van der Waals surface area contributed by atoms with Crippen LogP contribution in [0.1, 0.15) is 68.5 Å². The fourth-order valence-corrected chi connectivity index (χ4v) is 9.77. The lowest BCUT2D eigenvalue weighted by Crippen LogP contribution is -2.41. The van der Waals surface area contributed by atoms with Gasteiger partial charge in [-0.25, -0.2) is 4.98 Å². The van der Waals surface area contributed by atoms with E-state index in [1.165, 1.54) is 0 Å². The summed E-state index contributed by atoms with van der Waals surface area (Å²) in [7, 11) is 1.88. The maximum atomic E-state index is 14.3. The molecule has 4 aliphatic heterocycles. The summed E-state index contributed by atoms with van der Waals surface area (Å²) >= 11 is 21.3. The van der Waals surface area contributed by atoms with Crippen molar-refractivity contribution in [3.63, 3.8) is 0 Å². The van der Waals surface area contributed by atoms with Crippen molar-refractivity contribution in [2.75, 3.05) is 5.32 Å². The van der Waals surface area contributed by atoms with Crippen LogP contribution in [0.2, 0.25) is 15.3 Å². The number of fused-ring (bicyclic) bond motifs is 7. The monoisotopic (exact) mass is 811 g/mol. The average Bonchev–Trinajstić information content (AvgIpc) is 3.95. The molecule has 0 aliphatic carbocycles. The Morgan fingerprint density at radius 3 is 2.59 bits per heavy atom. The first-order valence-corrected chi connectivity index (χ1v) is 19.8. The van der Waals surface area contributed by atoms with E-state index in [9.17, 15) is 14.7 Å². The number of hydrogen-bond acceptors (Lipinski definition) is 9. The van der Waals surface area contributed by atoms with Crippen molar-refractivity contribution in [1.82, 2.24) is 19.9 Å². The van der Waals surface area contributed by atoms with Crippen LogP contribution in [0.5, 0.6) is 5.75 Å². The lowest BCUT2D eigenvalue weighted by molar-refractivity contribution is -0.135. The van der Waals surface area contributed by atoms with E-state index in [1.807, 2.05) is 74.0 Å². The molecule has 1 spiro atoms. The minimum absolute atomic E-state index is 0.0813. The Kier molecular flexibility index (Phi) is 7.85. The highest BCUT2D eigenvalue weighted by Crippen LogP contribution is 2.62. The van der Waals surface area contributed by atoms with Gasteiger partial charge in [-0.2, -0.15) is 4.98 Å². The molecule has 14 heteroatoms. The van der Waals surface area contributed by atoms with Crippen molar-refractivity contribution >= 4 is 63.1 Å². The third-order valence-corrected chi connectivity index (χ3v) is 12.8. The van der Waals surface area contributed by atoms with Gasteiger partial charge in [-0.15, -0.1) is 0 Å². The Morgan fingerprint density at radius 2 is 1.82 bits per heavy atom. The second kappa shape index (κ2) is 12.3. The first-order chi connectivity index (χ1) is 26.8. The topological polar surface area (TPSA) is 145 Å². The summed E-state index contributed by atoms with van der Waals surface area (Å²) in [5, 5.41) is 19.4. The number of anilines is 1. The summed E-state index contributed by atoms with van der Waals surface area (Å²) in [5.74, 6) is -0.588. The molecule has 1 amide bonds. The van der Waals surface area contributed by atoms with Crippen LogP contribution in [-0.4, -0.2) is 43.7 Å². The van der Waals surface area contributed by atoms with Gasteiger partial charge < -0.3 is 33.9 Å². The van der Waals surface area contributed by atoms with Crippen molar-refractivity contribution in [2.24, 2.45) is 24.8 Å². The van der Waals surface area contributed by atoms with Gasteiger partial charge in [-0.1, -0.05) is 86.8 Å². The molecule has 3 N–H and O–H groups in total. The van der Waals surface area contributed by atoms with Crippen LogP contribution >= 0.6 is 34.8 Å². The molecule has 0 saturated heterocycles. The molecule has 7 heterocycles. The Labute approximate surface area is 336 Å². The second-order valence-electron chi connectivity index (χ2n) is 15.9. The molecule has 11 nitrogen and oxygen atoms in total. The number of amides is 1. The third kappa shape index (κ3) is 4.80. The van der Waals surface area contributed by atoms with Crippen LogP contribution in [-0.2, 0) is 28.5 Å². The van der Waals surface area contributed by atoms with Crippen LogP contribution in [0, 0.1) is 17.8 Å². The van der Waals surface area contributed by atoms with Gasteiger partial charge in [0.15, 0.2) is 34.4 Å². The summed E-state index contributed by atoms with van der Waals surface area (Å²) in [6.07, 6.45) is -1.89. The smallest absolute Gasteiger partial charge is 0.250 e. The molecular formula is C42H36Cl3N5O6. The van der Waals surface area contributed by atoms with Gasteiger partial charge in [0.05, 0.1) is 11.1 Å². The number of nitrogens with zero attached hydrogens (tertiary/aromatic N) is 3. The predicted molar refractivity (Wildman–Crippen MR) is 212 cm³/mol. The number of carbonyl (C=O) groups excluding carboxylic acids is 2. The fraction of sp³-hybridized carbons (Fsp3) is 0.333. The summed E-state index contributed by atoms with van der Waals surface area (Å²) < 4.78 is 22.4. The summed E-state index contributed by atoms with van der Waals surface area (Å²) in [6.45, 7) is 7.45. The molecule has 286 valence electrons. The van der Waals surface area contributed by atoms with Crippen molar-refractivity contribution < 1.29 is 28.3 Å². The lowest BCUT2D eigenvalue weighted by atomic mass is 9.72. The fourth-order valence-electron chi connectivity index (χ4n) is 9.07. The predicted octanol–water partition coefficient (Wildman–Crippen LogP) is 8.87. The van der Waals surface area contributed by atoms with Gasteiger partial charge in [0, 0.05) is 52.2 Å². The van der Waals surface area contributed by atoms with E-state index in [2.05, 4.69) is 10.6 Å². The largest absolute Gasteiger partial charge is 0.469 e. The number of aryl methyl sites for hydroxylation is 1. The van der Waals surface area contributed by atoms with E-state index in [-0.39, 0.29) is 59.0 Å². The third-order valence-electron chi connectivity index (χ3n) is 11.9. The number of nitrogens with one attached hydrogen (secondary N) is 2. The zero-order valence-corrected chi connectivity index (χ0v) is 33.2. The van der Waals surface area contributed by atoms with Crippen molar-refractivity contribution in [3.8, 4) is 39.8 Å². The number of ether oxygens (including phenoxy) is 1. The molecule has 10 bridgehead atoms. The van der Waals surface area contributed by atoms with E-state index in [4.69, 9.17) is 58.3 Å². The quantitative estimate of drug-likeness (QED) is 0.156. The molecule has 3 aromatic carbocycles. The molecule has 5 atom stereocenters. The van der Waals surface area contributed by atoms with Gasteiger partial charge >= 0.3 is 0 Å². The summed E-state index contributed by atoms with van der Waals surface area (Å²) in [6, 6.07) is 14.8. The molecule has 0 radical (unpaired) electrons. The number of carbonyl (C=O) groups is 2. The van der Waals surface area contributed by atoms with E-state index in [1.54, 1.807) is 13.8 Å². The standard InChI is InChI=1S/C42H36Cl3N5O6/c1-16(2)30-39-47-32-35(56-39)42-23-12-18(11-19(38(53)46-30)13-26(51)33(52)17(3)4)9-10-27(23)54-41(42)48-31-22(14-20(43)15-24(31)42)21-7-6-8-25-28(21)29(37(45)50(25)5)34-36(44)49-40(32)55-34/h6-10,12,14-17,19,30,33,41,48,52H,11,13H2,1-5H3,(H,46,53). The number of rotatable bonds is 5. The first kappa shape index (κ1) is 35.6. The number of oxazole rings is 2. The van der Waals surface area contributed by atoms with Crippen LogP contribution in [0.15, 0.2) is 57.4 Å². The van der Waals surface area contributed by atoms with Crippen LogP contribution < -0.4 is 15.4 Å². The molecule has 4 aliphatic rings. The van der Waals surface area contributed by atoms with Gasteiger partial charge in [-0.05, 0) is 53.6 Å². The summed E-state index contributed by atoms with van der Waals surface area (Å²) in [5.41, 5.74) is 5.16. The number of aliphatic hydroxyl groups is 1. The molecule has 5 unspecified atom stereocenters. The SMILES string of the molecule is CC(C)C(O)C(=O)CC1Cc2ccc3c(c2)C24c5cc(Cl)cc(c5NC2O3)-c2cccc3c2c(c(Cl)n3C)-c2oc(nc2Cl)-c2nc(oc24)C(C(C)C)NC1=O. The van der Waals surface area contributed by atoms with Gasteiger partial charge in [0.25, 0.3) is 5.89 Å². The summed E-state index contributed by atoms with van der Waals surface area (Å²) in [4.78, 5) is 37.5. The number of aromatic nitrogens is 3. The molecule has 3 aromatic heterocycles. The molecular weight excluding hydrogens is 777 g/mol. The first-order valence-electron chi connectivity index (χ1n) is 18.6. The molecule has 56 heavy (non-hydrogen) atoms. The normalized spacial score (nSPS) is 22.0. The van der Waals surface area contributed by atoms with Crippen LogP contribution in [0.4, 0.5) is 5.69 Å². The van der Waals surface area contributed by atoms with E-state index < -0.39 is 35.5 Å². The number of halogens is 3. The highest BCUT2D eigenvalue weighted by atomic mass is 35.5. The Hall–Kier alpha value is -4.81. The zero-order valence-electron chi connectivity index (χ0n) is 31.0. The van der Waals surface area contributed by atoms with Gasteiger partial charge in [0.1, 0.15) is 28.5 Å². The minimum Gasteiger partial charge on any atom is -0.469 e. The highest BCUT2D eigenvalue weighted by Gasteiger charge is 2.62. The minimum atomic E-state index is -1.21. The maximum absolute atomic E-state index is 14.3. The van der Waals surface area contributed by atoms with E-state index in [0.29, 0.717) is 27.2 Å². The number of hydrogen-bond donors (Lipinski definition) is 3. The number of aliphatic hydroxyl groups excluding tert-OH is 1. The van der Waals surface area contributed by atoms with E-state index >= 15 is 0 Å². The van der Waals surface area contributed by atoms with Crippen LogP contribution in [0.3, 0.4) is 0 Å². The Balaban J connectivity index is 1.32. The van der Waals surface area contributed by atoms with Gasteiger partial charge in [0.2, 0.25) is 11.8 Å². The number of ketones is 1. The molecule has 10 rings (SSSR count). The Bertz CT molecular complexity index is 2700. The lowest BCUT2D eigenvalue weighted by Gasteiger charge is -2.29. The molecule has 0 fully saturated rings. The second-order valence-corrected chi connectivity index (χ2v) is 17.1. The van der Waals surface area contributed by atoms with Crippen molar-refractivity contribution in [2.45, 2.75) is 64.3 Å². The Morgan fingerprint density at radius 1 is 1.02 bits per heavy atom. The number of benzene rings is 3. The molecule has 6 aromatic rings. The maximum Gasteiger partial charge on any atom is 0.250 e. The van der Waals surface area contributed by atoms with Crippen molar-refractivity contribution in [3.05, 3.63) is 92.2 Å². The highest BCUT2D eigenvalue weighted by molar-refractivity contribution is 6.38. The molecule has 0 saturated carbocycles. The van der Waals surface area contributed by atoms with Crippen LogP contribution in [0.25, 0.3) is 44.9 Å². The average molecular weight is 813 g/mol. The number of Topliss-reactive ketones (excluding diaryl/α,β-unsaturated/α-hetero) is 1. The van der Waals surface area contributed by atoms with Gasteiger partial charge in [-0.3, -0.25) is 9.59 Å². The van der Waals surface area contributed by atoms with E-state index in [0.717, 1.165) is 44.4 Å². The van der Waals surface area contributed by atoms with Crippen molar-refractivity contribution in [1.29, 1.82) is 0 Å². The zero-order chi connectivity index (χ0) is 39.1.